The summed E-state index contributed by atoms with van der Waals surface area (Å²) in [5.41, 5.74) is 1.11. The summed E-state index contributed by atoms with van der Waals surface area (Å²) < 4.78 is 5.35. The largest absolute Gasteiger partial charge is 0.377 e. The van der Waals surface area contributed by atoms with E-state index in [2.05, 4.69) is 20.8 Å². The van der Waals surface area contributed by atoms with Gasteiger partial charge in [0.15, 0.2) is 0 Å². The van der Waals surface area contributed by atoms with Gasteiger partial charge in [0.1, 0.15) is 17.4 Å². The summed E-state index contributed by atoms with van der Waals surface area (Å²) in [5, 5.41) is 9.13. The Morgan fingerprint density at radius 3 is 2.68 bits per heavy atom. The maximum absolute atomic E-state index is 13.1. The smallest absolute Gasteiger partial charge is 0.280 e. The van der Waals surface area contributed by atoms with E-state index in [1.165, 1.54) is 0 Å². The molecule has 1 aromatic carbocycles. The number of nitrogens with zero attached hydrogens (tertiary/aromatic N) is 4. The van der Waals surface area contributed by atoms with Gasteiger partial charge >= 0.3 is 0 Å². The second-order valence-corrected chi connectivity index (χ2v) is 7.40. The molecule has 11 nitrogen and oxygen atoms in total. The molecule has 5 rings (SSSR count). The zero-order chi connectivity index (χ0) is 21.5. The fourth-order valence-corrected chi connectivity index (χ4v) is 3.97. The Kier molecular flexibility index (Phi) is 4.50. The van der Waals surface area contributed by atoms with Crippen LogP contribution in [0.5, 0.6) is 0 Å². The van der Waals surface area contributed by atoms with Gasteiger partial charge in [0.2, 0.25) is 23.5 Å². The van der Waals surface area contributed by atoms with Crippen molar-refractivity contribution in [1.82, 2.24) is 30.6 Å². The minimum absolute atomic E-state index is 0.0690. The second kappa shape index (κ2) is 7.35. The molecule has 3 aliphatic heterocycles. The predicted molar refractivity (Wildman–Crippen MR) is 103 cm³/mol. The van der Waals surface area contributed by atoms with E-state index in [4.69, 9.17) is 4.52 Å². The Balaban J connectivity index is 1.38. The average Bonchev–Trinajstić information content (AvgIpc) is 3.33. The third kappa shape index (κ3) is 3.23. The van der Waals surface area contributed by atoms with E-state index in [0.717, 1.165) is 10.5 Å². The summed E-state index contributed by atoms with van der Waals surface area (Å²) in [6, 6.07) is 8.32. The van der Waals surface area contributed by atoms with Gasteiger partial charge in [-0.05, 0) is 6.42 Å². The predicted octanol–water partition coefficient (Wildman–Crippen LogP) is -0.473. The lowest BCUT2D eigenvalue weighted by Crippen LogP contribution is -2.55. The Hall–Kier alpha value is -4.02. The van der Waals surface area contributed by atoms with Gasteiger partial charge in [0, 0.05) is 25.1 Å². The first-order valence-corrected chi connectivity index (χ1v) is 9.85. The number of carbonyl (C=O) groups is 4. The zero-order valence-electron chi connectivity index (χ0n) is 16.3. The van der Waals surface area contributed by atoms with Crippen LogP contribution in [0.25, 0.3) is 11.4 Å². The molecule has 1 unspecified atom stereocenters. The molecule has 1 fully saturated rings. The van der Waals surface area contributed by atoms with Crippen molar-refractivity contribution in [2.45, 2.75) is 25.4 Å². The number of carbonyl (C=O) groups excluding carboxylic acids is 4. The van der Waals surface area contributed by atoms with Crippen LogP contribution in [0.2, 0.25) is 0 Å². The fraction of sp³-hybridized carbons (Fsp3) is 0.300. The van der Waals surface area contributed by atoms with Crippen LogP contribution >= 0.6 is 0 Å². The van der Waals surface area contributed by atoms with E-state index >= 15 is 0 Å². The lowest BCUT2D eigenvalue weighted by atomic mass is 10.0. The van der Waals surface area contributed by atoms with Crippen LogP contribution in [0.3, 0.4) is 0 Å². The van der Waals surface area contributed by atoms with E-state index in [0.29, 0.717) is 24.8 Å². The van der Waals surface area contributed by atoms with Crippen molar-refractivity contribution in [3.8, 4) is 11.4 Å². The second-order valence-electron chi connectivity index (χ2n) is 7.40. The Morgan fingerprint density at radius 2 is 1.90 bits per heavy atom. The third-order valence-corrected chi connectivity index (χ3v) is 5.44. The van der Waals surface area contributed by atoms with Crippen molar-refractivity contribution in [2.75, 3.05) is 13.1 Å². The van der Waals surface area contributed by atoms with E-state index in [9.17, 15) is 19.2 Å². The summed E-state index contributed by atoms with van der Waals surface area (Å²) in [5.74, 6) is -1.48. The van der Waals surface area contributed by atoms with Crippen LogP contribution in [-0.4, -0.2) is 62.7 Å². The Bertz CT molecular complexity index is 1120. The molecule has 0 spiro atoms. The van der Waals surface area contributed by atoms with Gasteiger partial charge < -0.3 is 14.7 Å². The SMILES string of the molecule is O=C1CCC(N2C(=O)C3=C(C2=O)N(Cc2nc(-c4ccccc4)no2)CCN3)C(=O)N1. The topological polar surface area (TPSA) is 138 Å². The maximum Gasteiger partial charge on any atom is 0.280 e. The van der Waals surface area contributed by atoms with Crippen LogP contribution < -0.4 is 10.6 Å². The van der Waals surface area contributed by atoms with Gasteiger partial charge in [0.05, 0.1) is 6.54 Å². The molecule has 0 bridgehead atoms. The molecule has 3 aliphatic rings. The monoisotopic (exact) mass is 422 g/mol. The lowest BCUT2D eigenvalue weighted by Gasteiger charge is -2.29. The molecule has 4 amide bonds. The van der Waals surface area contributed by atoms with Crippen molar-refractivity contribution in [3.63, 3.8) is 0 Å². The first kappa shape index (κ1) is 19.0. The van der Waals surface area contributed by atoms with Crippen LogP contribution in [0.4, 0.5) is 0 Å². The van der Waals surface area contributed by atoms with Crippen molar-refractivity contribution in [1.29, 1.82) is 0 Å². The van der Waals surface area contributed by atoms with Crippen LogP contribution in [0.15, 0.2) is 46.2 Å². The van der Waals surface area contributed by atoms with Gasteiger partial charge in [-0.3, -0.25) is 29.4 Å². The molecule has 11 heteroatoms. The summed E-state index contributed by atoms with van der Waals surface area (Å²) >= 11 is 0. The Labute approximate surface area is 176 Å². The fourth-order valence-electron chi connectivity index (χ4n) is 3.97. The van der Waals surface area contributed by atoms with Gasteiger partial charge in [-0.1, -0.05) is 35.5 Å². The lowest BCUT2D eigenvalue weighted by molar-refractivity contribution is -0.150. The van der Waals surface area contributed by atoms with Crippen LogP contribution in [-0.2, 0) is 25.7 Å². The number of rotatable bonds is 4. The molecule has 0 saturated carbocycles. The number of amides is 4. The molecule has 1 atom stereocenters. The first-order chi connectivity index (χ1) is 15.0. The average molecular weight is 422 g/mol. The van der Waals surface area contributed by atoms with E-state index in [-0.39, 0.29) is 30.8 Å². The summed E-state index contributed by atoms with van der Waals surface area (Å²) in [4.78, 5) is 56.7. The highest BCUT2D eigenvalue weighted by Gasteiger charge is 2.49. The summed E-state index contributed by atoms with van der Waals surface area (Å²) in [6.45, 7) is 1.01. The molecular formula is C20H18N6O5. The highest BCUT2D eigenvalue weighted by Crippen LogP contribution is 2.29. The van der Waals surface area contributed by atoms with E-state index in [1.54, 1.807) is 4.90 Å². The van der Waals surface area contributed by atoms with Crippen molar-refractivity contribution in [3.05, 3.63) is 47.6 Å². The molecule has 0 aliphatic carbocycles. The van der Waals surface area contributed by atoms with Crippen molar-refractivity contribution in [2.24, 2.45) is 0 Å². The zero-order valence-corrected chi connectivity index (χ0v) is 16.3. The van der Waals surface area contributed by atoms with Gasteiger partial charge in [-0.2, -0.15) is 4.98 Å². The molecule has 1 aromatic heterocycles. The van der Waals surface area contributed by atoms with Crippen molar-refractivity contribution < 1.29 is 23.7 Å². The number of hydrogen-bond donors (Lipinski definition) is 2. The van der Waals surface area contributed by atoms with Crippen molar-refractivity contribution >= 4 is 23.6 Å². The maximum atomic E-state index is 13.1. The molecule has 2 aromatic rings. The normalized spacial score (nSPS) is 21.4. The standard InChI is InChI=1S/C20H18N6O5/c27-13-7-6-12(18(28)22-13)26-19(29)15-16(20(26)30)25(9-8-21-15)10-14-23-17(24-31-14)11-4-2-1-3-5-11/h1-5,12,21H,6-10H2,(H,22,27,28). The summed E-state index contributed by atoms with van der Waals surface area (Å²) in [6.07, 6.45) is 0.173. The molecule has 4 heterocycles. The van der Waals surface area contributed by atoms with Crippen LogP contribution in [0, 0.1) is 0 Å². The number of piperidine rings is 1. The minimum atomic E-state index is -1.01. The molecule has 2 N–H and O–H groups in total. The van der Waals surface area contributed by atoms with Gasteiger partial charge in [-0.25, -0.2) is 0 Å². The third-order valence-electron chi connectivity index (χ3n) is 5.44. The quantitative estimate of drug-likeness (QED) is 0.626. The van der Waals surface area contributed by atoms with E-state index in [1.807, 2.05) is 30.3 Å². The Morgan fingerprint density at radius 1 is 1.10 bits per heavy atom. The van der Waals surface area contributed by atoms with Crippen LogP contribution in [0.1, 0.15) is 18.7 Å². The molecular weight excluding hydrogens is 404 g/mol. The number of aromatic nitrogens is 2. The number of nitrogens with one attached hydrogen (secondary N) is 2. The first-order valence-electron chi connectivity index (χ1n) is 9.85. The summed E-state index contributed by atoms with van der Waals surface area (Å²) in [7, 11) is 0. The molecule has 0 radical (unpaired) electrons. The number of benzene rings is 1. The molecule has 158 valence electrons. The molecule has 1 saturated heterocycles. The minimum Gasteiger partial charge on any atom is -0.377 e. The van der Waals surface area contributed by atoms with Gasteiger partial charge in [0.25, 0.3) is 11.8 Å². The molecule has 31 heavy (non-hydrogen) atoms. The van der Waals surface area contributed by atoms with Gasteiger partial charge in [-0.15, -0.1) is 0 Å². The number of imide groups is 2. The highest BCUT2D eigenvalue weighted by molar-refractivity contribution is 6.21. The van der Waals surface area contributed by atoms with E-state index < -0.39 is 29.7 Å². The highest BCUT2D eigenvalue weighted by atomic mass is 16.5. The number of hydrogen-bond acceptors (Lipinski definition) is 9.